The van der Waals surface area contributed by atoms with Crippen LogP contribution in [0.2, 0.25) is 0 Å². The van der Waals surface area contributed by atoms with E-state index in [1.165, 1.54) is 6.42 Å². The summed E-state index contributed by atoms with van der Waals surface area (Å²) in [6, 6.07) is 0. The molecule has 2 atom stereocenters. The molecule has 0 saturated heterocycles. The zero-order valence-electron chi connectivity index (χ0n) is 5.93. The third-order valence-electron chi connectivity index (χ3n) is 2.01. The molecule has 0 amide bonds. The predicted molar refractivity (Wildman–Crippen MR) is 36.8 cm³/mol. The maximum atomic E-state index is 9.32. The topological polar surface area (TPSA) is 46.2 Å². The zero-order chi connectivity index (χ0) is 6.91. The molecule has 2 heteroatoms. The first-order chi connectivity index (χ1) is 4.10. The van der Waals surface area contributed by atoms with Crippen LogP contribution in [0.5, 0.6) is 0 Å². The monoisotopic (exact) mass is 129 g/mol. The lowest BCUT2D eigenvalue weighted by atomic mass is 9.85. The molecule has 2 nitrogen and oxygen atoms in total. The lowest BCUT2D eigenvalue weighted by Crippen LogP contribution is -2.43. The SMILES string of the molecule is CC1CCCC(N)(O)C1. The van der Waals surface area contributed by atoms with Crippen molar-refractivity contribution >= 4 is 0 Å². The number of hydrogen-bond acceptors (Lipinski definition) is 2. The summed E-state index contributed by atoms with van der Waals surface area (Å²) in [5.41, 5.74) is 4.67. The first kappa shape index (κ1) is 7.03. The predicted octanol–water partition coefficient (Wildman–Crippen LogP) is 0.844. The van der Waals surface area contributed by atoms with Gasteiger partial charge < -0.3 is 10.8 Å². The van der Waals surface area contributed by atoms with E-state index in [1.807, 2.05) is 0 Å². The second-order valence-electron chi connectivity index (χ2n) is 3.31. The Morgan fingerprint density at radius 3 is 2.67 bits per heavy atom. The Balaban J connectivity index is 2.41. The Morgan fingerprint density at radius 2 is 2.33 bits per heavy atom. The molecule has 0 heterocycles. The molecule has 0 aromatic rings. The Hall–Kier alpha value is -0.0800. The van der Waals surface area contributed by atoms with Gasteiger partial charge in [-0.1, -0.05) is 13.3 Å². The van der Waals surface area contributed by atoms with Crippen LogP contribution < -0.4 is 5.73 Å². The van der Waals surface area contributed by atoms with Gasteiger partial charge in [-0.15, -0.1) is 0 Å². The molecule has 1 aliphatic rings. The summed E-state index contributed by atoms with van der Waals surface area (Å²) < 4.78 is 0. The van der Waals surface area contributed by atoms with Crippen molar-refractivity contribution in [1.29, 1.82) is 0 Å². The lowest BCUT2D eigenvalue weighted by molar-refractivity contribution is -0.00694. The quantitative estimate of drug-likeness (QED) is 0.476. The molecule has 0 spiro atoms. The van der Waals surface area contributed by atoms with Crippen molar-refractivity contribution in [2.45, 2.75) is 38.3 Å². The van der Waals surface area contributed by atoms with Gasteiger partial charge >= 0.3 is 0 Å². The number of aliphatic hydroxyl groups is 1. The van der Waals surface area contributed by atoms with E-state index in [1.54, 1.807) is 0 Å². The van der Waals surface area contributed by atoms with Gasteiger partial charge in [0, 0.05) is 0 Å². The Morgan fingerprint density at radius 1 is 1.67 bits per heavy atom. The fourth-order valence-corrected chi connectivity index (χ4v) is 1.56. The summed E-state index contributed by atoms with van der Waals surface area (Å²) in [4.78, 5) is 0. The fourth-order valence-electron chi connectivity index (χ4n) is 1.56. The molecule has 0 bridgehead atoms. The minimum Gasteiger partial charge on any atom is -0.376 e. The fraction of sp³-hybridized carbons (Fsp3) is 1.00. The Bertz CT molecular complexity index is 101. The first-order valence-corrected chi connectivity index (χ1v) is 3.61. The van der Waals surface area contributed by atoms with Crippen LogP contribution in [-0.4, -0.2) is 10.8 Å². The van der Waals surface area contributed by atoms with Gasteiger partial charge in [0.05, 0.1) is 0 Å². The minimum absolute atomic E-state index is 0.605. The van der Waals surface area contributed by atoms with Gasteiger partial charge in [0.15, 0.2) is 0 Å². The Kier molecular flexibility index (Phi) is 1.78. The van der Waals surface area contributed by atoms with Gasteiger partial charge in [0.25, 0.3) is 0 Å². The molecule has 9 heavy (non-hydrogen) atoms. The van der Waals surface area contributed by atoms with Crippen LogP contribution in [-0.2, 0) is 0 Å². The Labute approximate surface area is 56.1 Å². The summed E-state index contributed by atoms with van der Waals surface area (Å²) in [7, 11) is 0. The van der Waals surface area contributed by atoms with Crippen LogP contribution in [0, 0.1) is 5.92 Å². The average Bonchev–Trinajstić information content (AvgIpc) is 1.60. The molecule has 0 aromatic carbocycles. The second kappa shape index (κ2) is 2.27. The van der Waals surface area contributed by atoms with Crippen molar-refractivity contribution in [1.82, 2.24) is 0 Å². The van der Waals surface area contributed by atoms with E-state index < -0.39 is 5.72 Å². The minimum atomic E-state index is -0.850. The van der Waals surface area contributed by atoms with Crippen molar-refractivity contribution < 1.29 is 5.11 Å². The molecule has 54 valence electrons. The van der Waals surface area contributed by atoms with E-state index in [0.717, 1.165) is 19.3 Å². The third-order valence-corrected chi connectivity index (χ3v) is 2.01. The van der Waals surface area contributed by atoms with Crippen molar-refractivity contribution in [2.75, 3.05) is 0 Å². The third kappa shape index (κ3) is 1.95. The van der Waals surface area contributed by atoms with E-state index in [-0.39, 0.29) is 0 Å². The summed E-state index contributed by atoms with van der Waals surface area (Å²) >= 11 is 0. The summed E-state index contributed by atoms with van der Waals surface area (Å²) in [6.07, 6.45) is 3.85. The molecule has 3 N–H and O–H groups in total. The molecule has 0 aromatic heterocycles. The normalized spacial score (nSPS) is 45.0. The molecular weight excluding hydrogens is 114 g/mol. The van der Waals surface area contributed by atoms with E-state index in [0.29, 0.717) is 5.92 Å². The van der Waals surface area contributed by atoms with Gasteiger partial charge in [0.2, 0.25) is 0 Å². The molecule has 1 saturated carbocycles. The summed E-state index contributed by atoms with van der Waals surface area (Å²) in [5.74, 6) is 0.605. The maximum Gasteiger partial charge on any atom is 0.113 e. The van der Waals surface area contributed by atoms with E-state index in [4.69, 9.17) is 5.73 Å². The van der Waals surface area contributed by atoms with Crippen molar-refractivity contribution in [3.05, 3.63) is 0 Å². The number of nitrogens with two attached hydrogens (primary N) is 1. The molecular formula is C7H15NO. The van der Waals surface area contributed by atoms with Gasteiger partial charge in [-0.25, -0.2) is 0 Å². The van der Waals surface area contributed by atoms with Crippen LogP contribution in [0.25, 0.3) is 0 Å². The van der Waals surface area contributed by atoms with Gasteiger partial charge in [-0.2, -0.15) is 0 Å². The van der Waals surface area contributed by atoms with Crippen LogP contribution >= 0.6 is 0 Å². The number of rotatable bonds is 0. The van der Waals surface area contributed by atoms with Crippen LogP contribution in [0.4, 0.5) is 0 Å². The standard InChI is InChI=1S/C7H15NO/c1-6-3-2-4-7(8,9)5-6/h6,9H,2-5,8H2,1H3. The molecule has 1 fully saturated rings. The maximum absolute atomic E-state index is 9.32. The van der Waals surface area contributed by atoms with Gasteiger partial charge in [0.1, 0.15) is 5.72 Å². The van der Waals surface area contributed by atoms with Crippen LogP contribution in [0.1, 0.15) is 32.6 Å². The van der Waals surface area contributed by atoms with Crippen molar-refractivity contribution in [2.24, 2.45) is 11.7 Å². The molecule has 0 aliphatic heterocycles. The van der Waals surface area contributed by atoms with Gasteiger partial charge in [-0.05, 0) is 25.2 Å². The summed E-state index contributed by atoms with van der Waals surface area (Å²) in [5, 5.41) is 9.32. The number of hydrogen-bond donors (Lipinski definition) is 2. The van der Waals surface area contributed by atoms with E-state index in [9.17, 15) is 5.11 Å². The highest BCUT2D eigenvalue weighted by Crippen LogP contribution is 2.27. The summed E-state index contributed by atoms with van der Waals surface area (Å²) in [6.45, 7) is 2.14. The van der Waals surface area contributed by atoms with Crippen molar-refractivity contribution in [3.63, 3.8) is 0 Å². The molecule has 0 radical (unpaired) electrons. The zero-order valence-corrected chi connectivity index (χ0v) is 5.93. The van der Waals surface area contributed by atoms with Crippen LogP contribution in [0.15, 0.2) is 0 Å². The van der Waals surface area contributed by atoms with E-state index >= 15 is 0 Å². The average molecular weight is 129 g/mol. The van der Waals surface area contributed by atoms with Crippen molar-refractivity contribution in [3.8, 4) is 0 Å². The molecule has 2 unspecified atom stereocenters. The molecule has 1 rings (SSSR count). The highest BCUT2D eigenvalue weighted by molar-refractivity contribution is 4.78. The highest BCUT2D eigenvalue weighted by Gasteiger charge is 2.27. The highest BCUT2D eigenvalue weighted by atomic mass is 16.3. The van der Waals surface area contributed by atoms with E-state index in [2.05, 4.69) is 6.92 Å². The molecule has 1 aliphatic carbocycles. The van der Waals surface area contributed by atoms with Crippen LogP contribution in [0.3, 0.4) is 0 Å². The lowest BCUT2D eigenvalue weighted by Gasteiger charge is -2.31. The largest absolute Gasteiger partial charge is 0.376 e. The first-order valence-electron chi connectivity index (χ1n) is 3.61. The smallest absolute Gasteiger partial charge is 0.113 e. The second-order valence-corrected chi connectivity index (χ2v) is 3.31. The van der Waals surface area contributed by atoms with Gasteiger partial charge in [-0.3, -0.25) is 0 Å².